The van der Waals surface area contributed by atoms with E-state index in [-0.39, 0.29) is 36.5 Å². The van der Waals surface area contributed by atoms with Gasteiger partial charge in [-0.25, -0.2) is 4.79 Å². The number of hydrogen-bond donors (Lipinski definition) is 1. The van der Waals surface area contributed by atoms with Gasteiger partial charge in [-0.2, -0.15) is 0 Å². The number of hydrogen-bond acceptors (Lipinski definition) is 7. The van der Waals surface area contributed by atoms with E-state index < -0.39 is 10.9 Å². The fraction of sp³-hybridized carbons (Fsp3) is 0.588. The molecule has 1 unspecified atom stereocenters. The van der Waals surface area contributed by atoms with Crippen LogP contribution in [0.15, 0.2) is 18.2 Å². The van der Waals surface area contributed by atoms with Crippen LogP contribution in [-0.4, -0.2) is 48.6 Å². The van der Waals surface area contributed by atoms with E-state index in [0.717, 1.165) is 31.5 Å². The third-order valence-corrected chi connectivity index (χ3v) is 4.58. The van der Waals surface area contributed by atoms with Crippen molar-refractivity contribution in [3.05, 3.63) is 33.9 Å². The summed E-state index contributed by atoms with van der Waals surface area (Å²) in [6.07, 6.45) is 2.08. The molecular formula is C17H26ClN3O5. The van der Waals surface area contributed by atoms with Crippen LogP contribution in [0.4, 0.5) is 5.69 Å². The normalized spacial score (nSPS) is 16.4. The van der Waals surface area contributed by atoms with Crippen molar-refractivity contribution in [3.8, 4) is 5.75 Å². The van der Waals surface area contributed by atoms with Gasteiger partial charge in [-0.05, 0) is 50.4 Å². The molecule has 1 aromatic carbocycles. The maximum atomic E-state index is 11.3. The monoisotopic (exact) mass is 387 g/mol. The zero-order valence-corrected chi connectivity index (χ0v) is 15.9. The number of halogens is 1. The van der Waals surface area contributed by atoms with Crippen molar-refractivity contribution in [1.82, 2.24) is 4.90 Å². The quantitative estimate of drug-likeness (QED) is 0.433. The Kier molecular flexibility index (Phi) is 8.77. The molecule has 0 amide bonds. The highest BCUT2D eigenvalue weighted by Crippen LogP contribution is 2.29. The summed E-state index contributed by atoms with van der Waals surface area (Å²) >= 11 is 0. The summed E-state index contributed by atoms with van der Waals surface area (Å²) in [7, 11) is 1.23. The summed E-state index contributed by atoms with van der Waals surface area (Å²) in [6, 6.07) is 5.03. The molecule has 1 atom stereocenters. The molecule has 146 valence electrons. The van der Waals surface area contributed by atoms with E-state index in [0.29, 0.717) is 12.5 Å². The molecule has 1 saturated heterocycles. The summed E-state index contributed by atoms with van der Waals surface area (Å²) in [4.78, 5) is 24.2. The molecule has 0 bridgehead atoms. The summed E-state index contributed by atoms with van der Waals surface area (Å²) < 4.78 is 9.67. The lowest BCUT2D eigenvalue weighted by atomic mass is 9.91. The van der Waals surface area contributed by atoms with Gasteiger partial charge in [0, 0.05) is 18.7 Å². The van der Waals surface area contributed by atoms with Gasteiger partial charge in [0.05, 0.1) is 12.0 Å². The molecule has 2 rings (SSSR count). The minimum Gasteiger partial charge on any atom is -0.475 e. The molecular weight excluding hydrogens is 362 g/mol. The first-order valence-electron chi connectivity index (χ1n) is 8.35. The number of esters is 1. The molecule has 0 spiro atoms. The Hall–Kier alpha value is -1.90. The van der Waals surface area contributed by atoms with Gasteiger partial charge < -0.3 is 15.2 Å². The fourth-order valence-corrected chi connectivity index (χ4v) is 3.02. The molecule has 1 heterocycles. The number of piperidine rings is 1. The van der Waals surface area contributed by atoms with Gasteiger partial charge in [-0.3, -0.25) is 15.0 Å². The van der Waals surface area contributed by atoms with Crippen molar-refractivity contribution in [2.45, 2.75) is 32.4 Å². The number of nitrogens with two attached hydrogens (primary N) is 1. The van der Waals surface area contributed by atoms with Crippen molar-refractivity contribution in [3.63, 3.8) is 0 Å². The molecule has 1 aromatic rings. The Morgan fingerprint density at radius 2 is 2.08 bits per heavy atom. The second-order valence-electron chi connectivity index (χ2n) is 6.40. The molecule has 1 aliphatic rings. The van der Waals surface area contributed by atoms with Gasteiger partial charge in [-0.1, -0.05) is 6.07 Å². The van der Waals surface area contributed by atoms with Crippen LogP contribution in [0.1, 0.15) is 25.3 Å². The third kappa shape index (κ3) is 6.12. The molecule has 0 radical (unpaired) electrons. The maximum Gasteiger partial charge on any atom is 0.343 e. The van der Waals surface area contributed by atoms with Crippen molar-refractivity contribution in [2.24, 2.45) is 11.7 Å². The highest BCUT2D eigenvalue weighted by atomic mass is 35.5. The van der Waals surface area contributed by atoms with E-state index in [1.165, 1.54) is 19.2 Å². The average Bonchev–Trinajstić information content (AvgIpc) is 2.60. The van der Waals surface area contributed by atoms with Gasteiger partial charge in [0.15, 0.2) is 12.4 Å². The summed E-state index contributed by atoms with van der Waals surface area (Å²) in [6.45, 7) is 4.18. The van der Waals surface area contributed by atoms with Crippen molar-refractivity contribution < 1.29 is 19.2 Å². The summed E-state index contributed by atoms with van der Waals surface area (Å²) in [5.74, 6) is 0.0184. The number of likely N-dealkylation sites (tertiary alicyclic amines) is 1. The Labute approximate surface area is 159 Å². The second kappa shape index (κ2) is 10.3. The number of rotatable bonds is 7. The highest BCUT2D eigenvalue weighted by Gasteiger charge is 2.23. The number of benzene rings is 1. The van der Waals surface area contributed by atoms with E-state index in [1.54, 1.807) is 6.07 Å². The first kappa shape index (κ1) is 22.1. The molecule has 0 aromatic heterocycles. The zero-order chi connectivity index (χ0) is 18.4. The predicted octanol–water partition coefficient (Wildman–Crippen LogP) is 2.13. The average molecular weight is 388 g/mol. The number of ether oxygens (including phenoxy) is 2. The molecule has 2 N–H and O–H groups in total. The Morgan fingerprint density at radius 1 is 1.42 bits per heavy atom. The van der Waals surface area contributed by atoms with Crippen LogP contribution in [0.2, 0.25) is 0 Å². The molecule has 8 nitrogen and oxygen atoms in total. The molecule has 26 heavy (non-hydrogen) atoms. The van der Waals surface area contributed by atoms with Crippen LogP contribution in [0.25, 0.3) is 0 Å². The number of nitro benzene ring substituents is 1. The van der Waals surface area contributed by atoms with Gasteiger partial charge in [-0.15, -0.1) is 12.4 Å². The SMILES string of the molecule is COC(=O)COc1ccc(CN2CCC(C(C)N)CC2)cc1[N+](=O)[O-].Cl. The van der Waals surface area contributed by atoms with Crippen molar-refractivity contribution in [2.75, 3.05) is 26.8 Å². The Morgan fingerprint density at radius 3 is 2.62 bits per heavy atom. The molecule has 1 aliphatic heterocycles. The minimum absolute atomic E-state index is 0. The van der Waals surface area contributed by atoms with E-state index >= 15 is 0 Å². The lowest BCUT2D eigenvalue weighted by molar-refractivity contribution is -0.385. The standard InChI is InChI=1S/C17H25N3O5.ClH/c1-12(18)14-5-7-19(8-6-14)10-13-3-4-16(15(9-13)20(22)23)25-11-17(21)24-2;/h3-4,9,12,14H,5-8,10-11,18H2,1-2H3;1H. The van der Waals surface area contributed by atoms with Gasteiger partial charge >= 0.3 is 11.7 Å². The van der Waals surface area contributed by atoms with E-state index in [2.05, 4.69) is 9.64 Å². The maximum absolute atomic E-state index is 11.3. The first-order chi connectivity index (χ1) is 11.9. The molecule has 0 aliphatic carbocycles. The Bertz CT molecular complexity index is 618. The highest BCUT2D eigenvalue weighted by molar-refractivity contribution is 5.85. The number of carbonyl (C=O) groups excluding carboxylic acids is 1. The predicted molar refractivity (Wildman–Crippen MR) is 99.5 cm³/mol. The van der Waals surface area contributed by atoms with Gasteiger partial charge in [0.2, 0.25) is 0 Å². The van der Waals surface area contributed by atoms with Crippen LogP contribution in [0, 0.1) is 16.0 Å². The van der Waals surface area contributed by atoms with E-state index in [1.807, 2.05) is 6.92 Å². The van der Waals surface area contributed by atoms with Crippen molar-refractivity contribution >= 4 is 24.1 Å². The summed E-state index contributed by atoms with van der Waals surface area (Å²) in [5, 5.41) is 11.3. The lowest BCUT2D eigenvalue weighted by Crippen LogP contribution is -2.39. The fourth-order valence-electron chi connectivity index (χ4n) is 3.02. The first-order valence-corrected chi connectivity index (χ1v) is 8.35. The van der Waals surface area contributed by atoms with Crippen LogP contribution in [0.5, 0.6) is 5.75 Å². The smallest absolute Gasteiger partial charge is 0.343 e. The van der Waals surface area contributed by atoms with Gasteiger partial charge in [0.25, 0.3) is 0 Å². The van der Waals surface area contributed by atoms with E-state index in [4.69, 9.17) is 10.5 Å². The largest absolute Gasteiger partial charge is 0.475 e. The Balaban J connectivity index is 0.00000338. The number of nitro groups is 1. The molecule has 0 saturated carbocycles. The van der Waals surface area contributed by atoms with Crippen molar-refractivity contribution in [1.29, 1.82) is 0 Å². The van der Waals surface area contributed by atoms with Crippen LogP contribution in [-0.2, 0) is 16.1 Å². The topological polar surface area (TPSA) is 108 Å². The zero-order valence-electron chi connectivity index (χ0n) is 15.1. The van der Waals surface area contributed by atoms with Crippen LogP contribution >= 0.6 is 12.4 Å². The third-order valence-electron chi connectivity index (χ3n) is 4.58. The number of carbonyl (C=O) groups is 1. The molecule has 9 heteroatoms. The number of methoxy groups -OCH3 is 1. The van der Waals surface area contributed by atoms with Gasteiger partial charge in [0.1, 0.15) is 0 Å². The number of nitrogens with zero attached hydrogens (tertiary/aromatic N) is 2. The molecule has 1 fully saturated rings. The summed E-state index contributed by atoms with van der Waals surface area (Å²) in [5.41, 5.74) is 6.65. The van der Waals surface area contributed by atoms with Crippen LogP contribution < -0.4 is 10.5 Å². The minimum atomic E-state index is -0.588. The van der Waals surface area contributed by atoms with Crippen LogP contribution in [0.3, 0.4) is 0 Å². The van der Waals surface area contributed by atoms with E-state index in [9.17, 15) is 14.9 Å². The second-order valence-corrected chi connectivity index (χ2v) is 6.40. The lowest BCUT2D eigenvalue weighted by Gasteiger charge is -2.33.